The maximum absolute atomic E-state index is 12.4. The lowest BCUT2D eigenvalue weighted by Gasteiger charge is -2.13. The number of fused-ring (bicyclic) bond motifs is 1. The molecule has 0 aliphatic rings. The Morgan fingerprint density at radius 3 is 2.70 bits per heavy atom. The molecule has 0 saturated heterocycles. The highest BCUT2D eigenvalue weighted by Crippen LogP contribution is 2.18. The Bertz CT molecular complexity index is 829. The average molecular weight is 327 g/mol. The van der Waals surface area contributed by atoms with E-state index in [4.69, 9.17) is 11.6 Å². The predicted octanol–water partition coefficient (Wildman–Crippen LogP) is 3.35. The summed E-state index contributed by atoms with van der Waals surface area (Å²) in [6.07, 6.45) is 0.901. The number of carbonyl (C=O) groups is 1. The van der Waals surface area contributed by atoms with E-state index in [-0.39, 0.29) is 12.5 Å². The van der Waals surface area contributed by atoms with Crippen LogP contribution in [0.3, 0.4) is 0 Å². The van der Waals surface area contributed by atoms with Crippen molar-refractivity contribution in [2.75, 3.05) is 6.54 Å². The molecule has 0 aliphatic carbocycles. The highest BCUT2D eigenvalue weighted by atomic mass is 35.5. The normalized spacial score (nSPS) is 12.1. The quantitative estimate of drug-likeness (QED) is 0.773. The van der Waals surface area contributed by atoms with Gasteiger partial charge in [-0.25, -0.2) is 0 Å². The van der Waals surface area contributed by atoms with Crippen LogP contribution in [0.4, 0.5) is 0 Å². The Morgan fingerprint density at radius 1 is 1.13 bits per heavy atom. The van der Waals surface area contributed by atoms with Crippen molar-refractivity contribution in [1.29, 1.82) is 0 Å². The second-order valence-electron chi connectivity index (χ2n) is 5.15. The second-order valence-corrected chi connectivity index (χ2v) is 5.59. The molecule has 3 rings (SSSR count). The summed E-state index contributed by atoms with van der Waals surface area (Å²) >= 11 is 5.82. The first-order valence-electron chi connectivity index (χ1n) is 7.20. The molecule has 1 aromatic heterocycles. The number of aliphatic hydroxyl groups is 1. The molecule has 2 aromatic carbocycles. The van der Waals surface area contributed by atoms with Crippen molar-refractivity contribution in [3.05, 3.63) is 76.9 Å². The molecule has 0 spiro atoms. The molecule has 4 nitrogen and oxygen atoms in total. The lowest BCUT2D eigenvalue weighted by Crippen LogP contribution is -2.28. The van der Waals surface area contributed by atoms with Crippen LogP contribution < -0.4 is 5.32 Å². The van der Waals surface area contributed by atoms with Gasteiger partial charge in [-0.05, 0) is 35.9 Å². The number of nitrogens with one attached hydrogen (secondary N) is 1. The van der Waals surface area contributed by atoms with Gasteiger partial charge >= 0.3 is 0 Å². The van der Waals surface area contributed by atoms with Crippen LogP contribution in [0.25, 0.3) is 10.9 Å². The van der Waals surface area contributed by atoms with Gasteiger partial charge in [-0.1, -0.05) is 35.9 Å². The van der Waals surface area contributed by atoms with Gasteiger partial charge < -0.3 is 10.4 Å². The predicted molar refractivity (Wildman–Crippen MR) is 90.5 cm³/mol. The van der Waals surface area contributed by atoms with E-state index in [0.29, 0.717) is 16.1 Å². The number of amides is 1. The van der Waals surface area contributed by atoms with Crippen LogP contribution in [0.1, 0.15) is 22.0 Å². The number of hydrogen-bond acceptors (Lipinski definition) is 3. The second kappa shape index (κ2) is 6.77. The Morgan fingerprint density at radius 2 is 1.91 bits per heavy atom. The number of nitrogens with zero attached hydrogens (tertiary/aromatic N) is 1. The first-order valence-corrected chi connectivity index (χ1v) is 7.58. The van der Waals surface area contributed by atoms with Crippen molar-refractivity contribution in [3.63, 3.8) is 0 Å². The smallest absolute Gasteiger partial charge is 0.252 e. The highest BCUT2D eigenvalue weighted by Gasteiger charge is 2.13. The molecular formula is C18H15ClN2O2. The molecule has 0 bridgehead atoms. The van der Waals surface area contributed by atoms with E-state index in [0.717, 1.165) is 10.9 Å². The molecule has 1 amide bonds. The standard InChI is InChI=1S/C18H15ClN2O2/c19-13-8-6-12(7-9-13)17(22)11-21-18(23)15-3-1-5-16-14(15)4-2-10-20-16/h1-10,17,22H,11H2,(H,21,23)/t17-/m0/s1. The molecule has 1 heterocycles. The van der Waals surface area contributed by atoms with E-state index in [1.807, 2.05) is 12.1 Å². The molecule has 116 valence electrons. The lowest BCUT2D eigenvalue weighted by molar-refractivity contribution is 0.0918. The van der Waals surface area contributed by atoms with Crippen LogP contribution in [0.15, 0.2) is 60.8 Å². The van der Waals surface area contributed by atoms with E-state index >= 15 is 0 Å². The minimum atomic E-state index is -0.788. The third kappa shape index (κ3) is 3.50. The molecule has 0 fully saturated rings. The lowest BCUT2D eigenvalue weighted by atomic mass is 10.1. The molecule has 2 N–H and O–H groups in total. The zero-order valence-electron chi connectivity index (χ0n) is 12.2. The summed E-state index contributed by atoms with van der Waals surface area (Å²) < 4.78 is 0. The first-order chi connectivity index (χ1) is 11.1. The van der Waals surface area contributed by atoms with Crippen LogP contribution in [0.2, 0.25) is 5.02 Å². The topological polar surface area (TPSA) is 62.2 Å². The number of halogens is 1. The van der Waals surface area contributed by atoms with E-state index in [1.165, 1.54) is 0 Å². The SMILES string of the molecule is O=C(NC[C@H](O)c1ccc(Cl)cc1)c1cccc2ncccc12. The van der Waals surface area contributed by atoms with E-state index in [2.05, 4.69) is 10.3 Å². The Kier molecular flexibility index (Phi) is 4.55. The van der Waals surface area contributed by atoms with Crippen molar-refractivity contribution < 1.29 is 9.90 Å². The fourth-order valence-corrected chi connectivity index (χ4v) is 2.51. The molecule has 3 aromatic rings. The zero-order valence-corrected chi connectivity index (χ0v) is 13.0. The molecule has 0 radical (unpaired) electrons. The van der Waals surface area contributed by atoms with Crippen LogP contribution in [0.5, 0.6) is 0 Å². The zero-order chi connectivity index (χ0) is 16.2. The fourth-order valence-electron chi connectivity index (χ4n) is 2.39. The fraction of sp³-hybridized carbons (Fsp3) is 0.111. The molecule has 0 saturated carbocycles. The van der Waals surface area contributed by atoms with Gasteiger partial charge in [0.2, 0.25) is 0 Å². The summed E-state index contributed by atoms with van der Waals surface area (Å²) in [7, 11) is 0. The number of aromatic nitrogens is 1. The van der Waals surface area contributed by atoms with Crippen LogP contribution >= 0.6 is 11.6 Å². The maximum Gasteiger partial charge on any atom is 0.252 e. The van der Waals surface area contributed by atoms with Crippen LogP contribution in [0, 0.1) is 0 Å². The third-order valence-corrected chi connectivity index (χ3v) is 3.85. The van der Waals surface area contributed by atoms with E-state index < -0.39 is 6.10 Å². The van der Waals surface area contributed by atoms with Gasteiger partial charge in [0.25, 0.3) is 5.91 Å². The molecule has 5 heteroatoms. The molecule has 23 heavy (non-hydrogen) atoms. The summed E-state index contributed by atoms with van der Waals surface area (Å²) in [4.78, 5) is 16.6. The molecular weight excluding hydrogens is 312 g/mol. The number of pyridine rings is 1. The van der Waals surface area contributed by atoms with Crippen LogP contribution in [-0.2, 0) is 0 Å². The van der Waals surface area contributed by atoms with Crippen molar-refractivity contribution in [1.82, 2.24) is 10.3 Å². The van der Waals surface area contributed by atoms with Crippen molar-refractivity contribution in [2.24, 2.45) is 0 Å². The van der Waals surface area contributed by atoms with Crippen LogP contribution in [-0.4, -0.2) is 22.5 Å². The van der Waals surface area contributed by atoms with Gasteiger partial charge in [-0.2, -0.15) is 0 Å². The number of hydrogen-bond donors (Lipinski definition) is 2. The Hall–Kier alpha value is -2.43. The average Bonchev–Trinajstić information content (AvgIpc) is 2.59. The van der Waals surface area contributed by atoms with Crippen molar-refractivity contribution in [3.8, 4) is 0 Å². The largest absolute Gasteiger partial charge is 0.387 e. The van der Waals surface area contributed by atoms with Gasteiger partial charge in [0.05, 0.1) is 11.6 Å². The summed E-state index contributed by atoms with van der Waals surface area (Å²) in [5.41, 5.74) is 2.01. The number of rotatable bonds is 4. The summed E-state index contributed by atoms with van der Waals surface area (Å²) in [5, 5.41) is 14.3. The van der Waals surface area contributed by atoms with E-state index in [1.54, 1.807) is 48.7 Å². The Balaban J connectivity index is 1.72. The molecule has 0 aliphatic heterocycles. The molecule has 0 unspecified atom stereocenters. The van der Waals surface area contributed by atoms with Crippen molar-refractivity contribution in [2.45, 2.75) is 6.10 Å². The van der Waals surface area contributed by atoms with Crippen molar-refractivity contribution >= 4 is 28.4 Å². The monoisotopic (exact) mass is 326 g/mol. The van der Waals surface area contributed by atoms with Gasteiger partial charge in [-0.15, -0.1) is 0 Å². The van der Waals surface area contributed by atoms with Gasteiger partial charge in [0.1, 0.15) is 0 Å². The Labute approximate surface area is 138 Å². The van der Waals surface area contributed by atoms with E-state index in [9.17, 15) is 9.90 Å². The number of carbonyl (C=O) groups excluding carboxylic acids is 1. The number of aliphatic hydroxyl groups excluding tert-OH is 1. The highest BCUT2D eigenvalue weighted by molar-refractivity contribution is 6.30. The van der Waals surface area contributed by atoms with Gasteiger partial charge in [0.15, 0.2) is 0 Å². The molecule has 1 atom stereocenters. The van der Waals surface area contributed by atoms with Gasteiger partial charge in [-0.3, -0.25) is 9.78 Å². The summed E-state index contributed by atoms with van der Waals surface area (Å²) in [6.45, 7) is 0.122. The summed E-state index contributed by atoms with van der Waals surface area (Å²) in [5.74, 6) is -0.239. The van der Waals surface area contributed by atoms with Gasteiger partial charge in [0, 0.05) is 28.7 Å². The summed E-state index contributed by atoms with van der Waals surface area (Å²) in [6, 6.07) is 15.9. The first kappa shape index (κ1) is 15.5. The minimum Gasteiger partial charge on any atom is -0.387 e. The minimum absolute atomic E-state index is 0.122. The number of benzene rings is 2. The maximum atomic E-state index is 12.4. The third-order valence-electron chi connectivity index (χ3n) is 3.60.